The number of carbonyl (C=O) groups is 1. The Bertz CT molecular complexity index is 470. The van der Waals surface area contributed by atoms with Crippen molar-refractivity contribution in [3.8, 4) is 5.75 Å². The van der Waals surface area contributed by atoms with Crippen LogP contribution in [0.4, 0.5) is 13.2 Å². The van der Waals surface area contributed by atoms with Crippen molar-refractivity contribution in [2.45, 2.75) is 37.6 Å². The van der Waals surface area contributed by atoms with Gasteiger partial charge in [-0.1, -0.05) is 12.1 Å². The van der Waals surface area contributed by atoms with Crippen molar-refractivity contribution in [2.75, 3.05) is 7.11 Å². The number of hydrogen-bond donors (Lipinski definition) is 0. The van der Waals surface area contributed by atoms with Crippen molar-refractivity contribution < 1.29 is 27.4 Å². The first-order valence-electron chi connectivity index (χ1n) is 6.28. The Labute approximate surface area is 114 Å². The molecule has 0 unspecified atom stereocenters. The van der Waals surface area contributed by atoms with Crippen molar-refractivity contribution in [3.05, 3.63) is 29.8 Å². The molecule has 0 aromatic heterocycles. The molecule has 0 atom stereocenters. The second-order valence-electron chi connectivity index (χ2n) is 4.84. The molecule has 2 rings (SSSR count). The summed E-state index contributed by atoms with van der Waals surface area (Å²) in [6, 6.07) is 5.33. The Morgan fingerprint density at radius 3 is 2.25 bits per heavy atom. The van der Waals surface area contributed by atoms with E-state index in [-0.39, 0.29) is 18.0 Å². The van der Waals surface area contributed by atoms with Crippen LogP contribution in [0.15, 0.2) is 24.3 Å². The molecule has 1 aliphatic rings. The Balaban J connectivity index is 1.99. The molecule has 1 aromatic carbocycles. The third-order valence-electron chi connectivity index (χ3n) is 3.58. The van der Waals surface area contributed by atoms with Crippen LogP contribution in [-0.4, -0.2) is 24.9 Å². The van der Waals surface area contributed by atoms with Gasteiger partial charge in [-0.25, -0.2) is 0 Å². The molecule has 20 heavy (non-hydrogen) atoms. The summed E-state index contributed by atoms with van der Waals surface area (Å²) < 4.78 is 45.1. The fraction of sp³-hybridized carbons (Fsp3) is 0.500. The van der Waals surface area contributed by atoms with Gasteiger partial charge >= 0.3 is 6.36 Å². The number of ether oxygens (including phenoxy) is 2. The number of hydrogen-bond acceptors (Lipinski definition) is 3. The quantitative estimate of drug-likeness (QED) is 0.834. The summed E-state index contributed by atoms with van der Waals surface area (Å²) in [5, 5.41) is 0. The van der Waals surface area contributed by atoms with Gasteiger partial charge in [-0.3, -0.25) is 4.79 Å². The smallest absolute Gasteiger partial charge is 0.406 e. The minimum Gasteiger partial charge on any atom is -0.406 e. The molecule has 0 heterocycles. The lowest BCUT2D eigenvalue weighted by Crippen LogP contribution is -2.47. The molecule has 1 aliphatic carbocycles. The first kappa shape index (κ1) is 14.8. The highest BCUT2D eigenvalue weighted by atomic mass is 19.4. The van der Waals surface area contributed by atoms with Crippen molar-refractivity contribution in [1.82, 2.24) is 0 Å². The summed E-state index contributed by atoms with van der Waals surface area (Å²) in [4.78, 5) is 12.1. The number of Topliss-reactive ketones (excluding diaryl/α,β-unsaturated/α-hetero) is 1. The molecular weight excluding hydrogens is 273 g/mol. The molecule has 0 bridgehead atoms. The Hall–Kier alpha value is -1.56. The Morgan fingerprint density at radius 1 is 1.25 bits per heavy atom. The zero-order valence-corrected chi connectivity index (χ0v) is 11.0. The molecule has 1 fully saturated rings. The van der Waals surface area contributed by atoms with Gasteiger partial charge in [0.05, 0.1) is 0 Å². The highest BCUT2D eigenvalue weighted by Gasteiger charge is 2.43. The van der Waals surface area contributed by atoms with Crippen molar-refractivity contribution in [2.24, 2.45) is 0 Å². The molecule has 0 amide bonds. The molecule has 6 heteroatoms. The van der Waals surface area contributed by atoms with Gasteiger partial charge in [0.2, 0.25) is 0 Å². The van der Waals surface area contributed by atoms with Gasteiger partial charge in [0.1, 0.15) is 11.4 Å². The predicted molar refractivity (Wildman–Crippen MR) is 65.4 cm³/mol. The molecule has 1 saturated carbocycles. The second-order valence-corrected chi connectivity index (χ2v) is 4.84. The number of alkyl halides is 3. The van der Waals surface area contributed by atoms with E-state index in [9.17, 15) is 18.0 Å². The normalized spacial score (nSPS) is 17.4. The maximum absolute atomic E-state index is 12.1. The topological polar surface area (TPSA) is 35.5 Å². The third-order valence-corrected chi connectivity index (χ3v) is 3.58. The van der Waals surface area contributed by atoms with Gasteiger partial charge in [0, 0.05) is 13.5 Å². The lowest BCUT2D eigenvalue weighted by Gasteiger charge is -2.38. The van der Waals surface area contributed by atoms with Gasteiger partial charge in [-0.15, -0.1) is 13.2 Å². The van der Waals surface area contributed by atoms with Crippen LogP contribution in [0, 0.1) is 0 Å². The van der Waals surface area contributed by atoms with Gasteiger partial charge in [-0.05, 0) is 37.0 Å². The number of methoxy groups -OCH3 is 1. The highest BCUT2D eigenvalue weighted by molar-refractivity contribution is 5.90. The van der Waals surface area contributed by atoms with E-state index < -0.39 is 12.0 Å². The van der Waals surface area contributed by atoms with E-state index in [1.807, 2.05) is 0 Å². The zero-order chi connectivity index (χ0) is 14.8. The summed E-state index contributed by atoms with van der Waals surface area (Å²) in [5.41, 5.74) is -0.0472. The van der Waals surface area contributed by atoms with Crippen molar-refractivity contribution >= 4 is 5.78 Å². The molecule has 0 spiro atoms. The number of carbonyl (C=O) groups excluding carboxylic acids is 1. The average molecular weight is 288 g/mol. The van der Waals surface area contributed by atoms with Crippen LogP contribution in [0.2, 0.25) is 0 Å². The lowest BCUT2D eigenvalue weighted by molar-refractivity contribution is -0.274. The number of halogens is 3. The molecule has 0 aliphatic heterocycles. The van der Waals surface area contributed by atoms with E-state index in [4.69, 9.17) is 4.74 Å². The Kier molecular flexibility index (Phi) is 4.04. The van der Waals surface area contributed by atoms with Crippen LogP contribution in [-0.2, 0) is 16.0 Å². The molecular formula is C14H15F3O3. The van der Waals surface area contributed by atoms with E-state index in [0.29, 0.717) is 18.4 Å². The first-order chi connectivity index (χ1) is 9.35. The Morgan fingerprint density at radius 2 is 1.85 bits per heavy atom. The summed E-state index contributed by atoms with van der Waals surface area (Å²) in [7, 11) is 1.51. The zero-order valence-electron chi connectivity index (χ0n) is 11.0. The van der Waals surface area contributed by atoms with Crippen LogP contribution in [0.25, 0.3) is 0 Å². The number of ketones is 1. The molecule has 1 aromatic rings. The second kappa shape index (κ2) is 5.44. The fourth-order valence-corrected chi connectivity index (χ4v) is 2.25. The van der Waals surface area contributed by atoms with E-state index >= 15 is 0 Å². The fourth-order valence-electron chi connectivity index (χ4n) is 2.25. The first-order valence-corrected chi connectivity index (χ1v) is 6.28. The highest BCUT2D eigenvalue weighted by Crippen LogP contribution is 2.36. The molecule has 110 valence electrons. The summed E-state index contributed by atoms with van der Waals surface area (Å²) in [6.07, 6.45) is -2.18. The van der Waals surface area contributed by atoms with Crippen LogP contribution in [0.5, 0.6) is 5.75 Å². The van der Waals surface area contributed by atoms with Crippen LogP contribution in [0.3, 0.4) is 0 Å². The minimum absolute atomic E-state index is 0.0317. The third kappa shape index (κ3) is 3.30. The maximum Gasteiger partial charge on any atom is 0.573 e. The lowest BCUT2D eigenvalue weighted by atomic mass is 9.75. The molecule has 0 radical (unpaired) electrons. The van der Waals surface area contributed by atoms with Crippen molar-refractivity contribution in [1.29, 1.82) is 0 Å². The standard InChI is InChI=1S/C14H15F3O3/c1-19-13(7-2-8-13)12(18)9-10-3-5-11(6-4-10)20-14(15,16)17/h3-6H,2,7-9H2,1H3. The van der Waals surface area contributed by atoms with Gasteiger partial charge in [-0.2, -0.15) is 0 Å². The number of benzene rings is 1. The minimum atomic E-state index is -4.70. The number of rotatable bonds is 5. The van der Waals surface area contributed by atoms with Gasteiger partial charge in [0.15, 0.2) is 5.78 Å². The SMILES string of the molecule is COC1(C(=O)Cc2ccc(OC(F)(F)F)cc2)CCC1. The predicted octanol–water partition coefficient (Wildman–Crippen LogP) is 3.27. The summed E-state index contributed by atoms with van der Waals surface area (Å²) in [5.74, 6) is -0.325. The van der Waals surface area contributed by atoms with E-state index in [0.717, 1.165) is 6.42 Å². The average Bonchev–Trinajstić information content (AvgIpc) is 2.29. The van der Waals surface area contributed by atoms with Gasteiger partial charge in [0.25, 0.3) is 0 Å². The van der Waals surface area contributed by atoms with Crippen LogP contribution >= 0.6 is 0 Å². The van der Waals surface area contributed by atoms with E-state index in [2.05, 4.69) is 4.74 Å². The monoisotopic (exact) mass is 288 g/mol. The maximum atomic E-state index is 12.1. The summed E-state index contributed by atoms with van der Waals surface area (Å²) in [6.45, 7) is 0. The van der Waals surface area contributed by atoms with Crippen molar-refractivity contribution in [3.63, 3.8) is 0 Å². The van der Waals surface area contributed by atoms with Crippen LogP contribution < -0.4 is 4.74 Å². The largest absolute Gasteiger partial charge is 0.573 e. The van der Waals surface area contributed by atoms with E-state index in [1.54, 1.807) is 0 Å². The van der Waals surface area contributed by atoms with Crippen LogP contribution in [0.1, 0.15) is 24.8 Å². The van der Waals surface area contributed by atoms with Gasteiger partial charge < -0.3 is 9.47 Å². The van der Waals surface area contributed by atoms with E-state index in [1.165, 1.54) is 31.4 Å². The molecule has 0 N–H and O–H groups in total. The molecule has 3 nitrogen and oxygen atoms in total. The summed E-state index contributed by atoms with van der Waals surface area (Å²) >= 11 is 0. The molecule has 0 saturated heterocycles.